The fourth-order valence-electron chi connectivity index (χ4n) is 4.97. The number of ether oxygens (including phenoxy) is 2. The first kappa shape index (κ1) is 19.7. The molecular formula is C20H30N2O5. The number of carbonyl (C=O) groups is 3. The highest BCUT2D eigenvalue weighted by Gasteiger charge is 2.69. The van der Waals surface area contributed by atoms with Gasteiger partial charge < -0.3 is 9.47 Å². The summed E-state index contributed by atoms with van der Waals surface area (Å²) < 4.78 is 10.4. The molecule has 0 aromatic carbocycles. The summed E-state index contributed by atoms with van der Waals surface area (Å²) in [5.41, 5.74) is 0.195. The Labute approximate surface area is 160 Å². The smallest absolute Gasteiger partial charge is 0.429 e. The van der Waals surface area contributed by atoms with Gasteiger partial charge in [0.05, 0.1) is 30.7 Å². The summed E-state index contributed by atoms with van der Waals surface area (Å²) in [5.74, 6) is -0.244. The van der Waals surface area contributed by atoms with E-state index in [9.17, 15) is 14.4 Å². The summed E-state index contributed by atoms with van der Waals surface area (Å²) in [6.45, 7) is 7.96. The molecule has 3 rings (SSSR count). The minimum absolute atomic E-state index is 0.0818. The molecule has 0 radical (unpaired) electrons. The molecule has 1 saturated heterocycles. The first-order valence-corrected chi connectivity index (χ1v) is 10.1. The molecule has 7 nitrogen and oxygen atoms in total. The van der Waals surface area contributed by atoms with Crippen LogP contribution in [-0.4, -0.2) is 52.8 Å². The van der Waals surface area contributed by atoms with Crippen molar-refractivity contribution in [1.82, 2.24) is 10.0 Å². The van der Waals surface area contributed by atoms with Gasteiger partial charge in [-0.15, -0.1) is 0 Å². The van der Waals surface area contributed by atoms with Gasteiger partial charge in [0.2, 0.25) is 0 Å². The summed E-state index contributed by atoms with van der Waals surface area (Å²) in [5, 5.41) is 2.74. The Morgan fingerprint density at radius 3 is 2.44 bits per heavy atom. The molecule has 4 atom stereocenters. The Balaban J connectivity index is 1.91. The summed E-state index contributed by atoms with van der Waals surface area (Å²) in [6.07, 6.45) is 5.40. The lowest BCUT2D eigenvalue weighted by Crippen LogP contribution is -2.63. The fourth-order valence-corrected chi connectivity index (χ4v) is 4.97. The van der Waals surface area contributed by atoms with Crippen molar-refractivity contribution in [3.8, 4) is 0 Å². The monoisotopic (exact) mass is 378 g/mol. The predicted molar refractivity (Wildman–Crippen MR) is 98.7 cm³/mol. The average molecular weight is 378 g/mol. The second-order valence-electron chi connectivity index (χ2n) is 7.75. The lowest BCUT2D eigenvalue weighted by Gasteiger charge is -2.45. The van der Waals surface area contributed by atoms with Crippen molar-refractivity contribution in [2.75, 3.05) is 13.2 Å². The highest BCUT2D eigenvalue weighted by atomic mass is 16.6. The van der Waals surface area contributed by atoms with Crippen LogP contribution >= 0.6 is 0 Å². The van der Waals surface area contributed by atoms with Gasteiger partial charge in [-0.05, 0) is 45.6 Å². The van der Waals surface area contributed by atoms with Crippen LogP contribution in [0, 0.1) is 11.8 Å². The van der Waals surface area contributed by atoms with Crippen LogP contribution in [0.5, 0.6) is 0 Å². The van der Waals surface area contributed by atoms with Crippen LogP contribution in [0.4, 0.5) is 9.59 Å². The topological polar surface area (TPSA) is 76.2 Å². The minimum atomic E-state index is -0.656. The zero-order valence-electron chi connectivity index (χ0n) is 16.7. The lowest BCUT2D eigenvalue weighted by molar-refractivity contribution is -0.130. The molecule has 7 heteroatoms. The van der Waals surface area contributed by atoms with Gasteiger partial charge in [0.15, 0.2) is 5.78 Å². The van der Waals surface area contributed by atoms with E-state index in [0.29, 0.717) is 6.42 Å². The Hall–Kier alpha value is -2.05. The van der Waals surface area contributed by atoms with E-state index < -0.39 is 17.7 Å². The van der Waals surface area contributed by atoms with Crippen LogP contribution in [0.25, 0.3) is 0 Å². The third kappa shape index (κ3) is 3.01. The van der Waals surface area contributed by atoms with E-state index in [-0.39, 0.29) is 36.9 Å². The zero-order valence-corrected chi connectivity index (χ0v) is 16.7. The molecular weight excluding hydrogens is 348 g/mol. The normalized spacial score (nSPS) is 31.2. The maximum absolute atomic E-state index is 13.1. The number of hydrazine groups is 1. The molecule has 1 aliphatic heterocycles. The molecule has 2 fully saturated rings. The number of fused-ring (bicyclic) bond motifs is 5. The third-order valence-corrected chi connectivity index (χ3v) is 6.10. The standard InChI is InChI=1S/C20H30N2O5/c1-5-8-9-10-13-11-14-16(17(13)23)15-12-20(14,4)22(19(25)27-7-3)21(15)18(24)26-6-2/h11,14-16H,5-10,12H2,1-4H3/t14-,15+,16+,20-/m1/s1. The van der Waals surface area contributed by atoms with Crippen LogP contribution in [0.3, 0.4) is 0 Å². The van der Waals surface area contributed by atoms with Gasteiger partial charge in [-0.1, -0.05) is 25.8 Å². The molecule has 150 valence electrons. The zero-order chi connectivity index (χ0) is 19.8. The van der Waals surface area contributed by atoms with Gasteiger partial charge in [-0.25, -0.2) is 19.6 Å². The van der Waals surface area contributed by atoms with Gasteiger partial charge in [-0.2, -0.15) is 0 Å². The van der Waals surface area contributed by atoms with Crippen molar-refractivity contribution in [1.29, 1.82) is 0 Å². The molecule has 0 N–H and O–H groups in total. The number of allylic oxidation sites excluding steroid dienone is 1. The van der Waals surface area contributed by atoms with Crippen LogP contribution < -0.4 is 0 Å². The largest absolute Gasteiger partial charge is 0.448 e. The van der Waals surface area contributed by atoms with Crippen molar-refractivity contribution in [2.45, 2.75) is 71.4 Å². The number of nitrogens with zero attached hydrogens (tertiary/aromatic N) is 2. The maximum Gasteiger partial charge on any atom is 0.429 e. The van der Waals surface area contributed by atoms with Crippen molar-refractivity contribution in [3.63, 3.8) is 0 Å². The maximum atomic E-state index is 13.1. The van der Waals surface area contributed by atoms with E-state index in [2.05, 4.69) is 13.0 Å². The van der Waals surface area contributed by atoms with E-state index >= 15 is 0 Å². The fraction of sp³-hybridized carbons (Fsp3) is 0.750. The number of hydrogen-bond donors (Lipinski definition) is 0. The van der Waals surface area contributed by atoms with Gasteiger partial charge >= 0.3 is 12.2 Å². The predicted octanol–water partition coefficient (Wildman–Crippen LogP) is 3.68. The van der Waals surface area contributed by atoms with Gasteiger partial charge in [0.1, 0.15) is 0 Å². The number of ketones is 1. The molecule has 2 amide bonds. The lowest BCUT2D eigenvalue weighted by atomic mass is 9.84. The number of amides is 2. The Morgan fingerprint density at radius 2 is 1.81 bits per heavy atom. The van der Waals surface area contributed by atoms with Crippen LogP contribution in [0.1, 0.15) is 59.8 Å². The number of Topliss-reactive ketones (excluding diaryl/α,β-unsaturated/α-hetero) is 1. The molecule has 0 unspecified atom stereocenters. The highest BCUT2D eigenvalue weighted by molar-refractivity contribution is 6.02. The first-order chi connectivity index (χ1) is 12.9. The summed E-state index contributed by atoms with van der Waals surface area (Å²) in [6, 6.07) is -0.365. The van der Waals surface area contributed by atoms with Crippen LogP contribution in [0.15, 0.2) is 11.6 Å². The molecule has 3 aliphatic rings. The number of hydrogen-bond acceptors (Lipinski definition) is 5. The number of rotatable bonds is 6. The molecule has 0 aromatic rings. The van der Waals surface area contributed by atoms with E-state index in [1.54, 1.807) is 13.8 Å². The van der Waals surface area contributed by atoms with Crippen molar-refractivity contribution in [2.24, 2.45) is 11.8 Å². The molecule has 27 heavy (non-hydrogen) atoms. The number of unbranched alkanes of at least 4 members (excludes halogenated alkanes) is 2. The second-order valence-corrected chi connectivity index (χ2v) is 7.75. The Bertz CT molecular complexity index is 661. The van der Waals surface area contributed by atoms with Crippen molar-refractivity contribution < 1.29 is 23.9 Å². The molecule has 2 bridgehead atoms. The molecule has 1 heterocycles. The Morgan fingerprint density at radius 1 is 1.15 bits per heavy atom. The average Bonchev–Trinajstić information content (AvgIpc) is 3.21. The van der Waals surface area contributed by atoms with E-state index in [1.165, 1.54) is 10.0 Å². The Kier molecular flexibility index (Phi) is 5.49. The molecule has 2 aliphatic carbocycles. The molecule has 0 aromatic heterocycles. The highest BCUT2D eigenvalue weighted by Crippen LogP contribution is 2.57. The second kappa shape index (κ2) is 7.52. The van der Waals surface area contributed by atoms with Gasteiger partial charge in [0, 0.05) is 5.92 Å². The van der Waals surface area contributed by atoms with Crippen molar-refractivity contribution in [3.05, 3.63) is 11.6 Å². The first-order valence-electron chi connectivity index (χ1n) is 10.1. The van der Waals surface area contributed by atoms with Crippen LogP contribution in [-0.2, 0) is 14.3 Å². The van der Waals surface area contributed by atoms with E-state index in [1.807, 2.05) is 6.92 Å². The summed E-state index contributed by atoms with van der Waals surface area (Å²) >= 11 is 0. The molecule has 1 saturated carbocycles. The minimum Gasteiger partial charge on any atom is -0.448 e. The van der Waals surface area contributed by atoms with E-state index in [0.717, 1.165) is 31.3 Å². The van der Waals surface area contributed by atoms with Gasteiger partial charge in [0.25, 0.3) is 0 Å². The van der Waals surface area contributed by atoms with Crippen LogP contribution in [0.2, 0.25) is 0 Å². The van der Waals surface area contributed by atoms with Crippen molar-refractivity contribution >= 4 is 18.0 Å². The summed E-state index contributed by atoms with van der Waals surface area (Å²) in [7, 11) is 0. The van der Waals surface area contributed by atoms with E-state index in [4.69, 9.17) is 9.47 Å². The quantitative estimate of drug-likeness (QED) is 0.659. The SMILES string of the molecule is CCCCCC1=C[C@@H]2[C@H](C1=O)[C@@H]1C[C@@]2(C)N(C(=O)OCC)N1C(=O)OCC. The number of carbonyl (C=O) groups excluding carboxylic acids is 3. The van der Waals surface area contributed by atoms with Gasteiger partial charge in [-0.3, -0.25) is 4.79 Å². The molecule has 0 spiro atoms. The summed E-state index contributed by atoms with van der Waals surface area (Å²) in [4.78, 5) is 38.3. The third-order valence-electron chi connectivity index (χ3n) is 6.10.